The summed E-state index contributed by atoms with van der Waals surface area (Å²) in [7, 11) is 0. The Balaban J connectivity index is 1.57. The number of rotatable bonds is 6. The third-order valence-electron chi connectivity index (χ3n) is 4.44. The molecule has 0 radical (unpaired) electrons. The number of amides is 3. The molecule has 0 aliphatic heterocycles. The first-order valence-corrected chi connectivity index (χ1v) is 9.01. The minimum atomic E-state index is -0.192. The van der Waals surface area contributed by atoms with Crippen molar-refractivity contribution in [1.29, 1.82) is 0 Å². The molecule has 1 atom stereocenters. The Morgan fingerprint density at radius 2 is 1.44 bits per heavy atom. The van der Waals surface area contributed by atoms with E-state index in [1.165, 1.54) is 6.92 Å². The fourth-order valence-electron chi connectivity index (χ4n) is 2.72. The summed E-state index contributed by atoms with van der Waals surface area (Å²) in [6.07, 6.45) is 1.94. The maximum atomic E-state index is 12.4. The Bertz CT molecular complexity index is 840. The van der Waals surface area contributed by atoms with Crippen LogP contribution in [0.1, 0.15) is 48.7 Å². The zero-order chi connectivity index (χ0) is 19.4. The van der Waals surface area contributed by atoms with Gasteiger partial charge in [0.1, 0.15) is 0 Å². The van der Waals surface area contributed by atoms with Crippen LogP contribution in [0.15, 0.2) is 48.5 Å². The van der Waals surface area contributed by atoms with Gasteiger partial charge in [0, 0.05) is 29.8 Å². The third-order valence-corrected chi connectivity index (χ3v) is 4.44. The first-order valence-electron chi connectivity index (χ1n) is 9.01. The Hall–Kier alpha value is -3.15. The minimum absolute atomic E-state index is 0.0758. The Morgan fingerprint density at radius 1 is 0.889 bits per heavy atom. The second-order valence-corrected chi connectivity index (χ2v) is 6.84. The molecule has 3 rings (SSSR count). The van der Waals surface area contributed by atoms with E-state index >= 15 is 0 Å². The highest BCUT2D eigenvalue weighted by Crippen LogP contribution is 2.30. The molecule has 0 spiro atoms. The van der Waals surface area contributed by atoms with Gasteiger partial charge in [-0.2, -0.15) is 0 Å². The van der Waals surface area contributed by atoms with Crippen molar-refractivity contribution in [2.75, 3.05) is 10.6 Å². The lowest BCUT2D eigenvalue weighted by Gasteiger charge is -2.15. The van der Waals surface area contributed by atoms with Crippen LogP contribution >= 0.6 is 0 Å². The fraction of sp³-hybridized carbons (Fsp3) is 0.286. The predicted molar refractivity (Wildman–Crippen MR) is 104 cm³/mol. The van der Waals surface area contributed by atoms with Crippen LogP contribution < -0.4 is 16.0 Å². The summed E-state index contributed by atoms with van der Waals surface area (Å²) >= 11 is 0. The molecule has 1 aliphatic rings. The molecule has 140 valence electrons. The molecule has 0 saturated heterocycles. The van der Waals surface area contributed by atoms with Gasteiger partial charge in [0.05, 0.1) is 6.04 Å². The van der Waals surface area contributed by atoms with E-state index in [1.54, 1.807) is 24.3 Å². The quantitative estimate of drug-likeness (QED) is 0.732. The van der Waals surface area contributed by atoms with E-state index in [4.69, 9.17) is 0 Å². The molecule has 1 saturated carbocycles. The molecule has 3 amide bonds. The van der Waals surface area contributed by atoms with E-state index < -0.39 is 0 Å². The molecule has 1 unspecified atom stereocenters. The Labute approximate surface area is 158 Å². The monoisotopic (exact) mass is 365 g/mol. The van der Waals surface area contributed by atoms with Crippen molar-refractivity contribution < 1.29 is 14.4 Å². The molecule has 6 nitrogen and oxygen atoms in total. The predicted octanol–water partition coefficient (Wildman–Crippen LogP) is 3.48. The van der Waals surface area contributed by atoms with Crippen LogP contribution in [0.4, 0.5) is 11.4 Å². The molecule has 2 aromatic rings. The first-order chi connectivity index (χ1) is 12.9. The number of hydrogen-bond acceptors (Lipinski definition) is 3. The summed E-state index contributed by atoms with van der Waals surface area (Å²) in [6, 6.07) is 14.0. The maximum absolute atomic E-state index is 12.4. The van der Waals surface area contributed by atoms with Gasteiger partial charge in [0.25, 0.3) is 5.91 Å². The van der Waals surface area contributed by atoms with E-state index in [1.807, 2.05) is 31.2 Å². The summed E-state index contributed by atoms with van der Waals surface area (Å²) in [5, 5.41) is 8.51. The molecular formula is C21H23N3O3. The maximum Gasteiger partial charge on any atom is 0.251 e. The van der Waals surface area contributed by atoms with Crippen LogP contribution in [0.5, 0.6) is 0 Å². The van der Waals surface area contributed by atoms with Gasteiger partial charge in [0.2, 0.25) is 11.8 Å². The van der Waals surface area contributed by atoms with Crippen molar-refractivity contribution in [2.24, 2.45) is 5.92 Å². The Morgan fingerprint density at radius 3 is 2.00 bits per heavy atom. The van der Waals surface area contributed by atoms with E-state index in [-0.39, 0.29) is 29.7 Å². The van der Waals surface area contributed by atoms with Crippen LogP contribution in [-0.4, -0.2) is 17.7 Å². The lowest BCUT2D eigenvalue weighted by Crippen LogP contribution is -2.26. The van der Waals surface area contributed by atoms with Crippen LogP contribution in [0.25, 0.3) is 0 Å². The molecule has 0 aromatic heterocycles. The minimum Gasteiger partial charge on any atom is -0.346 e. The normalized spacial score (nSPS) is 14.1. The summed E-state index contributed by atoms with van der Waals surface area (Å²) in [5.74, 6) is -0.104. The van der Waals surface area contributed by atoms with Crippen LogP contribution in [0, 0.1) is 5.92 Å². The Kier molecular flexibility index (Phi) is 5.54. The topological polar surface area (TPSA) is 87.3 Å². The summed E-state index contributed by atoms with van der Waals surface area (Å²) < 4.78 is 0. The molecule has 6 heteroatoms. The van der Waals surface area contributed by atoms with Crippen LogP contribution in [0.2, 0.25) is 0 Å². The number of carbonyl (C=O) groups is 3. The van der Waals surface area contributed by atoms with Crippen molar-refractivity contribution in [3.63, 3.8) is 0 Å². The molecule has 0 heterocycles. The van der Waals surface area contributed by atoms with Gasteiger partial charge < -0.3 is 16.0 Å². The van der Waals surface area contributed by atoms with Gasteiger partial charge in [0.15, 0.2) is 0 Å². The molecule has 3 N–H and O–H groups in total. The van der Waals surface area contributed by atoms with E-state index in [9.17, 15) is 14.4 Å². The zero-order valence-electron chi connectivity index (χ0n) is 15.4. The number of hydrogen-bond donors (Lipinski definition) is 3. The highest BCUT2D eigenvalue weighted by molar-refractivity contribution is 5.96. The van der Waals surface area contributed by atoms with Gasteiger partial charge in [-0.15, -0.1) is 0 Å². The highest BCUT2D eigenvalue weighted by atomic mass is 16.2. The fourth-order valence-corrected chi connectivity index (χ4v) is 2.72. The van der Waals surface area contributed by atoms with Crippen LogP contribution in [-0.2, 0) is 9.59 Å². The van der Waals surface area contributed by atoms with Gasteiger partial charge >= 0.3 is 0 Å². The van der Waals surface area contributed by atoms with E-state index in [0.29, 0.717) is 11.3 Å². The van der Waals surface area contributed by atoms with E-state index in [0.717, 1.165) is 24.1 Å². The standard InChI is InChI=1S/C21H23N3O3/c1-13(15-5-9-19(10-6-15)24-21(27)16-3-4-16)22-20(26)17-7-11-18(12-8-17)23-14(2)25/h5-13,16H,3-4H2,1-2H3,(H,22,26)(H,23,25)(H,24,27). The molecule has 27 heavy (non-hydrogen) atoms. The average molecular weight is 365 g/mol. The second-order valence-electron chi connectivity index (χ2n) is 6.84. The lowest BCUT2D eigenvalue weighted by molar-refractivity contribution is -0.117. The van der Waals surface area contributed by atoms with Gasteiger partial charge in [-0.3, -0.25) is 14.4 Å². The summed E-state index contributed by atoms with van der Waals surface area (Å²) in [5.41, 5.74) is 2.88. The molecular weight excluding hydrogens is 342 g/mol. The molecule has 1 aliphatic carbocycles. The zero-order valence-corrected chi connectivity index (χ0v) is 15.4. The summed E-state index contributed by atoms with van der Waals surface area (Å²) in [4.78, 5) is 35.2. The highest BCUT2D eigenvalue weighted by Gasteiger charge is 2.29. The van der Waals surface area contributed by atoms with E-state index in [2.05, 4.69) is 16.0 Å². The van der Waals surface area contributed by atoms with Crippen LogP contribution in [0.3, 0.4) is 0 Å². The van der Waals surface area contributed by atoms with Gasteiger partial charge in [-0.25, -0.2) is 0 Å². The molecule has 1 fully saturated rings. The van der Waals surface area contributed by atoms with Crippen molar-refractivity contribution in [3.05, 3.63) is 59.7 Å². The SMILES string of the molecule is CC(=O)Nc1ccc(C(=O)NC(C)c2ccc(NC(=O)C3CC3)cc2)cc1. The van der Waals surface area contributed by atoms with Gasteiger partial charge in [-0.1, -0.05) is 12.1 Å². The largest absolute Gasteiger partial charge is 0.346 e. The average Bonchev–Trinajstić information content (AvgIpc) is 3.47. The number of anilines is 2. The lowest BCUT2D eigenvalue weighted by atomic mass is 10.1. The smallest absolute Gasteiger partial charge is 0.251 e. The number of nitrogens with one attached hydrogen (secondary N) is 3. The molecule has 2 aromatic carbocycles. The van der Waals surface area contributed by atoms with Crippen molar-refractivity contribution >= 4 is 29.1 Å². The first kappa shape index (κ1) is 18.6. The summed E-state index contributed by atoms with van der Waals surface area (Å²) in [6.45, 7) is 3.34. The van der Waals surface area contributed by atoms with Gasteiger partial charge in [-0.05, 0) is 61.7 Å². The van der Waals surface area contributed by atoms with Crippen molar-refractivity contribution in [3.8, 4) is 0 Å². The van der Waals surface area contributed by atoms with Crippen molar-refractivity contribution in [1.82, 2.24) is 5.32 Å². The number of benzene rings is 2. The second kappa shape index (κ2) is 8.03. The van der Waals surface area contributed by atoms with Crippen molar-refractivity contribution in [2.45, 2.75) is 32.7 Å². The molecule has 0 bridgehead atoms. The third kappa shape index (κ3) is 5.17. The number of carbonyl (C=O) groups excluding carboxylic acids is 3.